The van der Waals surface area contributed by atoms with Gasteiger partial charge in [0.25, 0.3) is 0 Å². The van der Waals surface area contributed by atoms with Gasteiger partial charge in [0.15, 0.2) is 5.82 Å². The van der Waals surface area contributed by atoms with Crippen molar-refractivity contribution in [3.8, 4) is 5.69 Å². The fourth-order valence-electron chi connectivity index (χ4n) is 3.28. The molecule has 2 aromatic rings. The number of anilines is 1. The fraction of sp³-hybridized carbons (Fsp3) is 0.333. The Labute approximate surface area is 155 Å². The third kappa shape index (κ3) is 2.94. The molecule has 140 valence electrons. The molecule has 1 aromatic carbocycles. The quantitative estimate of drug-likeness (QED) is 0.886. The highest BCUT2D eigenvalue weighted by molar-refractivity contribution is 6.20. The van der Waals surface area contributed by atoms with Crippen molar-refractivity contribution in [1.82, 2.24) is 20.0 Å². The maximum absolute atomic E-state index is 13.3. The summed E-state index contributed by atoms with van der Waals surface area (Å²) in [6.45, 7) is 4.55. The Morgan fingerprint density at radius 1 is 1.30 bits per heavy atom. The summed E-state index contributed by atoms with van der Waals surface area (Å²) in [6, 6.07) is 5.43. The van der Waals surface area contributed by atoms with Gasteiger partial charge in [-0.1, -0.05) is 0 Å². The highest BCUT2D eigenvalue weighted by Crippen LogP contribution is 2.32. The van der Waals surface area contributed by atoms with Crippen molar-refractivity contribution in [3.05, 3.63) is 41.8 Å². The van der Waals surface area contributed by atoms with Crippen molar-refractivity contribution in [3.63, 3.8) is 0 Å². The van der Waals surface area contributed by atoms with Gasteiger partial charge in [-0.3, -0.25) is 19.6 Å². The van der Waals surface area contributed by atoms with Crippen molar-refractivity contribution < 1.29 is 14.0 Å². The number of fused-ring (bicyclic) bond motifs is 3. The van der Waals surface area contributed by atoms with E-state index in [1.165, 1.54) is 21.7 Å². The lowest BCUT2D eigenvalue weighted by Gasteiger charge is -2.33. The van der Waals surface area contributed by atoms with Crippen LogP contribution in [-0.2, 0) is 4.79 Å². The summed E-state index contributed by atoms with van der Waals surface area (Å²) in [6.07, 6.45) is 1.62. The minimum Gasteiger partial charge on any atom is -0.352 e. The fourth-order valence-corrected chi connectivity index (χ4v) is 3.28. The Bertz CT molecular complexity index is 934. The molecule has 0 fully saturated rings. The normalized spacial score (nSPS) is 15.7. The van der Waals surface area contributed by atoms with E-state index in [0.29, 0.717) is 36.0 Å². The summed E-state index contributed by atoms with van der Waals surface area (Å²) in [5, 5.41) is 7.17. The molecule has 0 saturated carbocycles. The molecule has 3 amide bonds. The second-order valence-electron chi connectivity index (χ2n) is 6.72. The number of hydrogen-bond donors (Lipinski definition) is 1. The van der Waals surface area contributed by atoms with Gasteiger partial charge in [-0.05, 0) is 38.1 Å². The van der Waals surface area contributed by atoms with Gasteiger partial charge in [0.1, 0.15) is 18.2 Å². The zero-order valence-corrected chi connectivity index (χ0v) is 15.0. The summed E-state index contributed by atoms with van der Waals surface area (Å²) in [7, 11) is 0. The van der Waals surface area contributed by atoms with E-state index in [4.69, 9.17) is 0 Å². The third-order valence-corrected chi connectivity index (χ3v) is 4.37. The monoisotopic (exact) mass is 370 g/mol. The average Bonchev–Trinajstić information content (AvgIpc) is 3.25. The molecular formula is C18H19FN6O2. The van der Waals surface area contributed by atoms with Gasteiger partial charge in [-0.25, -0.2) is 13.9 Å². The summed E-state index contributed by atoms with van der Waals surface area (Å²) >= 11 is 0. The number of benzene rings is 1. The van der Waals surface area contributed by atoms with Gasteiger partial charge in [0, 0.05) is 12.6 Å². The molecule has 3 heterocycles. The van der Waals surface area contributed by atoms with Crippen molar-refractivity contribution >= 4 is 23.6 Å². The molecule has 2 aliphatic rings. The first-order valence-electron chi connectivity index (χ1n) is 8.73. The van der Waals surface area contributed by atoms with E-state index in [-0.39, 0.29) is 30.3 Å². The lowest BCUT2D eigenvalue weighted by atomic mass is 10.2. The van der Waals surface area contributed by atoms with E-state index in [1.54, 1.807) is 23.2 Å². The zero-order chi connectivity index (χ0) is 19.1. The standard InChI is InChI=1S/C18H19FN6O2/c1-11(2)22-15(26)10-24-17-14(16-20-7-8-23(16)18(24)27)9-21-25(17)13-5-3-12(19)4-6-13/h3-6,9,11H,7-8,10H2,1-2H3,(H,22,26). The molecule has 0 bridgehead atoms. The largest absolute Gasteiger partial charge is 0.352 e. The van der Waals surface area contributed by atoms with Crippen molar-refractivity contribution in [2.45, 2.75) is 19.9 Å². The maximum Gasteiger partial charge on any atom is 0.331 e. The number of carbonyl (C=O) groups excluding carboxylic acids is 2. The van der Waals surface area contributed by atoms with Gasteiger partial charge in [0.2, 0.25) is 5.91 Å². The second-order valence-corrected chi connectivity index (χ2v) is 6.72. The smallest absolute Gasteiger partial charge is 0.331 e. The molecule has 0 radical (unpaired) electrons. The van der Waals surface area contributed by atoms with E-state index < -0.39 is 0 Å². The van der Waals surface area contributed by atoms with Crippen molar-refractivity contribution in [2.75, 3.05) is 24.5 Å². The van der Waals surface area contributed by atoms with E-state index in [0.717, 1.165) is 0 Å². The van der Waals surface area contributed by atoms with Gasteiger partial charge in [-0.2, -0.15) is 5.10 Å². The Morgan fingerprint density at radius 2 is 2.04 bits per heavy atom. The van der Waals surface area contributed by atoms with Crippen LogP contribution in [0.2, 0.25) is 0 Å². The van der Waals surface area contributed by atoms with Crippen LogP contribution in [0.15, 0.2) is 35.5 Å². The first kappa shape index (κ1) is 17.2. The molecule has 8 nitrogen and oxygen atoms in total. The van der Waals surface area contributed by atoms with Crippen molar-refractivity contribution in [1.29, 1.82) is 0 Å². The van der Waals surface area contributed by atoms with Crippen LogP contribution in [0.4, 0.5) is 15.0 Å². The van der Waals surface area contributed by atoms with Crippen LogP contribution in [-0.4, -0.2) is 58.1 Å². The van der Waals surface area contributed by atoms with Crippen LogP contribution in [0.25, 0.3) is 5.69 Å². The van der Waals surface area contributed by atoms with E-state index in [2.05, 4.69) is 15.4 Å². The number of nitrogens with zero attached hydrogens (tertiary/aromatic N) is 5. The number of nitrogens with one attached hydrogen (secondary N) is 1. The molecule has 2 aliphatic heterocycles. The number of halogens is 1. The first-order chi connectivity index (χ1) is 13.0. The highest BCUT2D eigenvalue weighted by atomic mass is 19.1. The predicted molar refractivity (Wildman–Crippen MR) is 97.7 cm³/mol. The minimum atomic E-state index is -0.365. The highest BCUT2D eigenvalue weighted by Gasteiger charge is 2.41. The summed E-state index contributed by atoms with van der Waals surface area (Å²) in [5.41, 5.74) is 1.26. The molecular weight excluding hydrogens is 351 g/mol. The summed E-state index contributed by atoms with van der Waals surface area (Å²) in [5.74, 6) is 0.386. The number of amidine groups is 1. The third-order valence-electron chi connectivity index (χ3n) is 4.37. The Hall–Kier alpha value is -3.23. The average molecular weight is 370 g/mol. The van der Waals surface area contributed by atoms with Crippen molar-refractivity contribution in [2.24, 2.45) is 4.99 Å². The van der Waals surface area contributed by atoms with Gasteiger partial charge >= 0.3 is 6.03 Å². The molecule has 0 atom stereocenters. The molecule has 0 spiro atoms. The minimum absolute atomic E-state index is 0.0391. The predicted octanol–water partition coefficient (Wildman–Crippen LogP) is 1.54. The molecule has 1 aromatic heterocycles. The van der Waals surface area contributed by atoms with Gasteiger partial charge < -0.3 is 5.32 Å². The van der Waals surface area contributed by atoms with Crippen LogP contribution >= 0.6 is 0 Å². The number of aromatic nitrogens is 2. The number of rotatable bonds is 4. The van der Waals surface area contributed by atoms with Crippen LogP contribution < -0.4 is 10.2 Å². The molecule has 0 aliphatic carbocycles. The second kappa shape index (κ2) is 6.49. The number of carbonyl (C=O) groups is 2. The van der Waals surface area contributed by atoms with Crippen LogP contribution in [0, 0.1) is 5.82 Å². The van der Waals surface area contributed by atoms with Gasteiger partial charge in [0.05, 0.1) is 24.0 Å². The topological polar surface area (TPSA) is 82.8 Å². The lowest BCUT2D eigenvalue weighted by molar-refractivity contribution is -0.120. The number of amides is 3. The zero-order valence-electron chi connectivity index (χ0n) is 15.0. The molecule has 0 unspecified atom stereocenters. The number of urea groups is 1. The molecule has 4 rings (SSSR count). The van der Waals surface area contributed by atoms with Crippen LogP contribution in [0.1, 0.15) is 19.4 Å². The number of hydrogen-bond acceptors (Lipinski definition) is 4. The first-order valence-corrected chi connectivity index (χ1v) is 8.73. The van der Waals surface area contributed by atoms with Crippen LogP contribution in [0.3, 0.4) is 0 Å². The lowest BCUT2D eigenvalue weighted by Crippen LogP contribution is -2.53. The molecule has 27 heavy (non-hydrogen) atoms. The number of aliphatic imine (C=N–C) groups is 1. The Morgan fingerprint density at radius 3 is 2.74 bits per heavy atom. The van der Waals surface area contributed by atoms with Crippen LogP contribution in [0.5, 0.6) is 0 Å². The van der Waals surface area contributed by atoms with E-state index >= 15 is 0 Å². The Kier molecular flexibility index (Phi) is 4.14. The van der Waals surface area contributed by atoms with E-state index in [9.17, 15) is 14.0 Å². The molecule has 9 heteroatoms. The molecule has 0 saturated heterocycles. The summed E-state index contributed by atoms with van der Waals surface area (Å²) < 4.78 is 14.8. The molecule has 1 N–H and O–H groups in total. The summed E-state index contributed by atoms with van der Waals surface area (Å²) in [4.78, 5) is 32.7. The SMILES string of the molecule is CC(C)NC(=O)CN1C(=O)N2CCN=C2c2cnn(-c3ccc(F)cc3)c21. The Balaban J connectivity index is 1.79. The van der Waals surface area contributed by atoms with Gasteiger partial charge in [-0.15, -0.1) is 0 Å². The van der Waals surface area contributed by atoms with E-state index in [1.807, 2.05) is 13.8 Å². The maximum atomic E-state index is 13.3.